The van der Waals surface area contributed by atoms with Crippen LogP contribution in [0.4, 0.5) is 11.8 Å². The molecule has 0 radical (unpaired) electrons. The molecule has 1 aliphatic heterocycles. The molecule has 1 saturated heterocycles. The summed E-state index contributed by atoms with van der Waals surface area (Å²) >= 11 is 3.53. The highest BCUT2D eigenvalue weighted by molar-refractivity contribution is 9.10. The van der Waals surface area contributed by atoms with Gasteiger partial charge in [0.05, 0.1) is 10.6 Å². The fraction of sp³-hybridized carbons (Fsp3) is 0.714. The summed E-state index contributed by atoms with van der Waals surface area (Å²) in [5.41, 5.74) is 0. The first-order chi connectivity index (χ1) is 9.70. The van der Waals surface area contributed by atoms with Crippen molar-refractivity contribution in [2.24, 2.45) is 0 Å². The Balaban J connectivity index is 2.01. The Labute approximate surface area is 129 Å². The average molecular weight is 343 g/mol. The van der Waals surface area contributed by atoms with Gasteiger partial charge in [-0.15, -0.1) is 0 Å². The van der Waals surface area contributed by atoms with Gasteiger partial charge in [-0.1, -0.05) is 6.92 Å². The molecule has 1 aliphatic rings. The number of likely N-dealkylation sites (N-methyl/N-ethyl adjacent to an activating group) is 1. The highest BCUT2D eigenvalue weighted by Gasteiger charge is 2.18. The number of hydrogen-bond donors (Lipinski definition) is 1. The molecule has 0 bridgehead atoms. The second-order valence-electron chi connectivity index (χ2n) is 5.16. The second kappa shape index (κ2) is 7.78. The zero-order chi connectivity index (χ0) is 14.4. The Bertz CT molecular complexity index is 424. The van der Waals surface area contributed by atoms with E-state index in [2.05, 4.69) is 50.1 Å². The molecule has 2 rings (SSSR count). The number of hydrogen-bond acceptors (Lipinski definition) is 5. The number of ether oxygens (including phenoxy) is 1. The maximum absolute atomic E-state index is 5.79. The Kier molecular flexibility index (Phi) is 6.04. The molecule has 20 heavy (non-hydrogen) atoms. The largest absolute Gasteiger partial charge is 0.376 e. The van der Waals surface area contributed by atoms with Crippen molar-refractivity contribution in [1.29, 1.82) is 0 Å². The minimum atomic E-state index is 0.308. The molecular formula is C14H23BrN4O. The van der Waals surface area contributed by atoms with Gasteiger partial charge in [-0.05, 0) is 41.6 Å². The average Bonchev–Trinajstić information content (AvgIpc) is 2.47. The zero-order valence-electron chi connectivity index (χ0n) is 12.2. The highest BCUT2D eigenvalue weighted by atomic mass is 79.9. The minimum Gasteiger partial charge on any atom is -0.376 e. The van der Waals surface area contributed by atoms with Crippen LogP contribution in [0.25, 0.3) is 0 Å². The van der Waals surface area contributed by atoms with Crippen LogP contribution in [0.2, 0.25) is 0 Å². The SMILES string of the molecule is CCCNc1ncc(Br)c(N(C)CC2CCCCO2)n1. The molecule has 2 heterocycles. The molecule has 0 amide bonds. The van der Waals surface area contributed by atoms with Crippen LogP contribution in [0.3, 0.4) is 0 Å². The Hall–Kier alpha value is -0.880. The smallest absolute Gasteiger partial charge is 0.224 e. The van der Waals surface area contributed by atoms with E-state index in [-0.39, 0.29) is 0 Å². The number of rotatable bonds is 6. The van der Waals surface area contributed by atoms with E-state index in [0.29, 0.717) is 12.1 Å². The summed E-state index contributed by atoms with van der Waals surface area (Å²) < 4.78 is 6.70. The van der Waals surface area contributed by atoms with E-state index >= 15 is 0 Å². The van der Waals surface area contributed by atoms with Crippen LogP contribution in [0.1, 0.15) is 32.6 Å². The van der Waals surface area contributed by atoms with Crippen LogP contribution in [0, 0.1) is 0 Å². The van der Waals surface area contributed by atoms with Gasteiger partial charge < -0.3 is 15.0 Å². The summed E-state index contributed by atoms with van der Waals surface area (Å²) in [4.78, 5) is 11.0. The summed E-state index contributed by atoms with van der Waals surface area (Å²) in [6.07, 6.45) is 6.74. The number of anilines is 2. The molecule has 1 N–H and O–H groups in total. The molecule has 1 fully saturated rings. The lowest BCUT2D eigenvalue weighted by Crippen LogP contribution is -2.34. The van der Waals surface area contributed by atoms with Crippen LogP contribution < -0.4 is 10.2 Å². The predicted molar refractivity (Wildman–Crippen MR) is 85.4 cm³/mol. The topological polar surface area (TPSA) is 50.3 Å². The van der Waals surface area contributed by atoms with Gasteiger partial charge in [-0.2, -0.15) is 4.98 Å². The molecule has 0 saturated carbocycles. The molecule has 6 heteroatoms. The molecule has 0 aromatic carbocycles. The van der Waals surface area contributed by atoms with Crippen LogP contribution in [-0.4, -0.2) is 42.8 Å². The molecule has 1 aromatic heterocycles. The van der Waals surface area contributed by atoms with E-state index in [1.54, 1.807) is 6.20 Å². The summed E-state index contributed by atoms with van der Waals surface area (Å²) in [5.74, 6) is 1.59. The highest BCUT2D eigenvalue weighted by Crippen LogP contribution is 2.24. The molecular weight excluding hydrogens is 320 g/mol. The first kappa shape index (κ1) is 15.5. The standard InChI is InChI=1S/C14H23BrN4O/c1-3-7-16-14-17-9-12(15)13(18-14)19(2)10-11-6-4-5-8-20-11/h9,11H,3-8,10H2,1-2H3,(H,16,17,18). The molecule has 112 valence electrons. The van der Waals surface area contributed by atoms with Crippen LogP contribution in [0.5, 0.6) is 0 Å². The van der Waals surface area contributed by atoms with Gasteiger partial charge in [0.15, 0.2) is 0 Å². The van der Waals surface area contributed by atoms with E-state index in [9.17, 15) is 0 Å². The van der Waals surface area contributed by atoms with E-state index in [4.69, 9.17) is 4.74 Å². The first-order valence-corrected chi connectivity index (χ1v) is 8.09. The first-order valence-electron chi connectivity index (χ1n) is 7.30. The maximum atomic E-state index is 5.79. The molecule has 5 nitrogen and oxygen atoms in total. The molecule has 1 atom stereocenters. The minimum absolute atomic E-state index is 0.308. The number of aromatic nitrogens is 2. The summed E-state index contributed by atoms with van der Waals surface area (Å²) in [6, 6.07) is 0. The van der Waals surface area contributed by atoms with E-state index in [0.717, 1.165) is 42.8 Å². The Morgan fingerprint density at radius 3 is 3.05 bits per heavy atom. The van der Waals surface area contributed by atoms with Crippen molar-refractivity contribution in [1.82, 2.24) is 9.97 Å². The van der Waals surface area contributed by atoms with Crippen molar-refractivity contribution in [3.8, 4) is 0 Å². The Morgan fingerprint density at radius 1 is 1.50 bits per heavy atom. The third-order valence-corrected chi connectivity index (χ3v) is 3.93. The van der Waals surface area contributed by atoms with Gasteiger partial charge in [0.1, 0.15) is 5.82 Å². The lowest BCUT2D eigenvalue weighted by molar-refractivity contribution is 0.0215. The van der Waals surface area contributed by atoms with Crippen molar-refractivity contribution in [2.75, 3.05) is 37.0 Å². The van der Waals surface area contributed by atoms with Gasteiger partial charge in [-0.25, -0.2) is 4.98 Å². The lowest BCUT2D eigenvalue weighted by atomic mass is 10.1. The fourth-order valence-electron chi connectivity index (χ4n) is 2.29. The molecule has 0 spiro atoms. The van der Waals surface area contributed by atoms with Gasteiger partial charge in [0, 0.05) is 32.9 Å². The quantitative estimate of drug-likeness (QED) is 0.860. The van der Waals surface area contributed by atoms with Crippen molar-refractivity contribution in [2.45, 2.75) is 38.7 Å². The summed E-state index contributed by atoms with van der Waals surface area (Å²) in [6.45, 7) is 4.76. The van der Waals surface area contributed by atoms with E-state index in [1.807, 2.05) is 0 Å². The Morgan fingerprint density at radius 2 is 2.35 bits per heavy atom. The number of nitrogens with zero attached hydrogens (tertiary/aromatic N) is 3. The van der Waals surface area contributed by atoms with Crippen molar-refractivity contribution < 1.29 is 4.74 Å². The number of nitrogens with one attached hydrogen (secondary N) is 1. The molecule has 1 unspecified atom stereocenters. The van der Waals surface area contributed by atoms with Crippen LogP contribution in [0.15, 0.2) is 10.7 Å². The predicted octanol–water partition coefficient (Wildman–Crippen LogP) is 3.07. The fourth-order valence-corrected chi connectivity index (χ4v) is 2.78. The van der Waals surface area contributed by atoms with Crippen molar-refractivity contribution >= 4 is 27.7 Å². The van der Waals surface area contributed by atoms with E-state index in [1.165, 1.54) is 12.8 Å². The van der Waals surface area contributed by atoms with Gasteiger partial charge in [0.2, 0.25) is 5.95 Å². The van der Waals surface area contributed by atoms with Crippen LogP contribution in [-0.2, 0) is 4.74 Å². The van der Waals surface area contributed by atoms with E-state index < -0.39 is 0 Å². The van der Waals surface area contributed by atoms with Crippen molar-refractivity contribution in [3.63, 3.8) is 0 Å². The lowest BCUT2D eigenvalue weighted by Gasteiger charge is -2.28. The third-order valence-electron chi connectivity index (χ3n) is 3.37. The molecule has 0 aliphatic carbocycles. The second-order valence-corrected chi connectivity index (χ2v) is 6.02. The zero-order valence-corrected chi connectivity index (χ0v) is 13.8. The maximum Gasteiger partial charge on any atom is 0.224 e. The van der Waals surface area contributed by atoms with Gasteiger partial charge in [-0.3, -0.25) is 0 Å². The third kappa shape index (κ3) is 4.31. The molecule has 1 aromatic rings. The van der Waals surface area contributed by atoms with Crippen LogP contribution >= 0.6 is 15.9 Å². The van der Waals surface area contributed by atoms with Gasteiger partial charge >= 0.3 is 0 Å². The monoisotopic (exact) mass is 342 g/mol. The summed E-state index contributed by atoms with van der Waals surface area (Å²) in [7, 11) is 2.05. The van der Waals surface area contributed by atoms with Gasteiger partial charge in [0.25, 0.3) is 0 Å². The van der Waals surface area contributed by atoms with Crippen molar-refractivity contribution in [3.05, 3.63) is 10.7 Å². The number of halogens is 1. The normalized spacial score (nSPS) is 18.9. The summed E-state index contributed by atoms with van der Waals surface area (Å²) in [5, 5.41) is 3.22.